The summed E-state index contributed by atoms with van der Waals surface area (Å²) in [4.78, 5) is 44.8. The largest absolute Gasteiger partial charge is 0.369 e. The molecule has 2 unspecified atom stereocenters. The zero-order valence-corrected chi connectivity index (χ0v) is 20.2. The van der Waals surface area contributed by atoms with Crippen molar-refractivity contribution in [2.75, 3.05) is 44.2 Å². The van der Waals surface area contributed by atoms with Crippen LogP contribution in [-0.4, -0.2) is 78.9 Å². The number of hydrogen-bond donors (Lipinski definition) is 2. The monoisotopic (exact) mass is 475 g/mol. The first-order valence-corrected chi connectivity index (χ1v) is 12.5. The molecule has 8 nitrogen and oxygen atoms in total. The van der Waals surface area contributed by atoms with Crippen LogP contribution in [0.4, 0.5) is 5.69 Å². The van der Waals surface area contributed by atoms with Gasteiger partial charge in [0.2, 0.25) is 11.8 Å². The van der Waals surface area contributed by atoms with Gasteiger partial charge in [0.05, 0.1) is 6.54 Å². The lowest BCUT2D eigenvalue weighted by Gasteiger charge is -2.39. The molecule has 35 heavy (non-hydrogen) atoms. The Kier molecular flexibility index (Phi) is 6.72. The van der Waals surface area contributed by atoms with Crippen LogP contribution in [0, 0.1) is 0 Å². The molecule has 1 aliphatic carbocycles. The minimum atomic E-state index is -0.654. The second-order valence-corrected chi connectivity index (χ2v) is 9.66. The van der Waals surface area contributed by atoms with Crippen molar-refractivity contribution in [2.24, 2.45) is 0 Å². The van der Waals surface area contributed by atoms with Gasteiger partial charge >= 0.3 is 0 Å². The fourth-order valence-corrected chi connectivity index (χ4v) is 5.11. The average molecular weight is 476 g/mol. The molecule has 1 saturated carbocycles. The third kappa shape index (κ3) is 5.03. The SMILES string of the molecule is CC(CNC(=O)CNC(=O)C1c2ccccc2C(=O)N1C1CC1)N1CCN(c2ccccc2)CC1. The van der Waals surface area contributed by atoms with Crippen LogP contribution in [0.1, 0.15) is 41.7 Å². The first-order valence-electron chi connectivity index (χ1n) is 12.5. The summed E-state index contributed by atoms with van der Waals surface area (Å²) in [6, 6.07) is 17.4. The van der Waals surface area contributed by atoms with Crippen molar-refractivity contribution in [3.05, 3.63) is 65.7 Å². The number of nitrogens with zero attached hydrogens (tertiary/aromatic N) is 3. The molecular formula is C27H33N5O3. The van der Waals surface area contributed by atoms with Gasteiger partial charge in [-0.25, -0.2) is 0 Å². The summed E-state index contributed by atoms with van der Waals surface area (Å²) in [7, 11) is 0. The molecule has 0 aromatic heterocycles. The second kappa shape index (κ2) is 10.1. The molecule has 2 aliphatic heterocycles. The molecule has 5 rings (SSSR count). The summed E-state index contributed by atoms with van der Waals surface area (Å²) in [6.07, 6.45) is 1.84. The number of anilines is 1. The van der Waals surface area contributed by atoms with Crippen molar-refractivity contribution in [1.82, 2.24) is 20.4 Å². The lowest BCUT2D eigenvalue weighted by molar-refractivity contribution is -0.129. The molecule has 0 radical (unpaired) electrons. The highest BCUT2D eigenvalue weighted by Gasteiger charge is 2.47. The topological polar surface area (TPSA) is 85.0 Å². The molecule has 0 bridgehead atoms. The van der Waals surface area contributed by atoms with E-state index in [1.165, 1.54) is 5.69 Å². The van der Waals surface area contributed by atoms with Crippen LogP contribution in [0.15, 0.2) is 54.6 Å². The highest BCUT2D eigenvalue weighted by atomic mass is 16.2. The minimum Gasteiger partial charge on any atom is -0.369 e. The Labute approximate surface area is 206 Å². The number of rotatable bonds is 8. The van der Waals surface area contributed by atoms with E-state index >= 15 is 0 Å². The third-order valence-electron chi connectivity index (χ3n) is 7.26. The molecule has 2 aromatic carbocycles. The molecule has 0 spiro atoms. The van der Waals surface area contributed by atoms with Crippen LogP contribution >= 0.6 is 0 Å². The second-order valence-electron chi connectivity index (χ2n) is 9.66. The molecule has 3 aliphatic rings. The predicted octanol–water partition coefficient (Wildman–Crippen LogP) is 1.79. The van der Waals surface area contributed by atoms with E-state index in [0.29, 0.717) is 12.1 Å². The number of benzene rings is 2. The Balaban J connectivity index is 1.08. The quantitative estimate of drug-likeness (QED) is 0.608. The molecule has 2 N–H and O–H groups in total. The van der Waals surface area contributed by atoms with Gasteiger partial charge in [0, 0.05) is 56.1 Å². The van der Waals surface area contributed by atoms with E-state index in [0.717, 1.165) is 44.6 Å². The fourth-order valence-electron chi connectivity index (χ4n) is 5.11. The van der Waals surface area contributed by atoms with E-state index in [2.05, 4.69) is 51.6 Å². The number of fused-ring (bicyclic) bond motifs is 1. The molecule has 2 aromatic rings. The number of para-hydroxylation sites is 1. The highest BCUT2D eigenvalue weighted by Crippen LogP contribution is 2.41. The number of carbonyl (C=O) groups excluding carboxylic acids is 3. The molecule has 2 heterocycles. The number of carbonyl (C=O) groups is 3. The number of hydrogen-bond acceptors (Lipinski definition) is 5. The van der Waals surface area contributed by atoms with Gasteiger partial charge < -0.3 is 20.4 Å². The number of nitrogens with one attached hydrogen (secondary N) is 2. The maximum absolute atomic E-state index is 13.0. The zero-order chi connectivity index (χ0) is 24.4. The molecule has 3 amide bonds. The van der Waals surface area contributed by atoms with Crippen molar-refractivity contribution < 1.29 is 14.4 Å². The van der Waals surface area contributed by atoms with Crippen LogP contribution in [0.5, 0.6) is 0 Å². The Morgan fingerprint density at radius 1 is 0.943 bits per heavy atom. The Hall–Kier alpha value is -3.39. The van der Waals surface area contributed by atoms with Gasteiger partial charge in [0.25, 0.3) is 5.91 Å². The first kappa shape index (κ1) is 23.4. The van der Waals surface area contributed by atoms with Crippen molar-refractivity contribution in [3.63, 3.8) is 0 Å². The molecule has 2 fully saturated rings. The third-order valence-corrected chi connectivity index (χ3v) is 7.26. The van der Waals surface area contributed by atoms with Gasteiger partial charge in [0.15, 0.2) is 0 Å². The Morgan fingerprint density at radius 2 is 1.63 bits per heavy atom. The molecule has 1 saturated heterocycles. The Bertz CT molecular complexity index is 1080. The van der Waals surface area contributed by atoms with E-state index < -0.39 is 6.04 Å². The smallest absolute Gasteiger partial charge is 0.255 e. The van der Waals surface area contributed by atoms with Gasteiger partial charge in [0.1, 0.15) is 6.04 Å². The molecule has 8 heteroatoms. The summed E-state index contributed by atoms with van der Waals surface area (Å²) in [5.41, 5.74) is 2.56. The molecule has 2 atom stereocenters. The van der Waals surface area contributed by atoms with E-state index in [4.69, 9.17) is 0 Å². The van der Waals surface area contributed by atoms with E-state index in [9.17, 15) is 14.4 Å². The number of piperazine rings is 1. The lowest BCUT2D eigenvalue weighted by Crippen LogP contribution is -2.53. The van der Waals surface area contributed by atoms with E-state index in [-0.39, 0.29) is 36.3 Å². The maximum Gasteiger partial charge on any atom is 0.255 e. The highest BCUT2D eigenvalue weighted by molar-refractivity contribution is 6.05. The maximum atomic E-state index is 13.0. The average Bonchev–Trinajstić information content (AvgIpc) is 3.70. The lowest BCUT2D eigenvalue weighted by atomic mass is 10.0. The molecule has 184 valence electrons. The van der Waals surface area contributed by atoms with Gasteiger partial charge in [-0.3, -0.25) is 19.3 Å². The van der Waals surface area contributed by atoms with Crippen molar-refractivity contribution in [1.29, 1.82) is 0 Å². The van der Waals surface area contributed by atoms with Crippen molar-refractivity contribution in [2.45, 2.75) is 37.9 Å². The van der Waals surface area contributed by atoms with Gasteiger partial charge in [-0.1, -0.05) is 36.4 Å². The standard InChI is InChI=1S/C27H33N5O3/c1-19(30-13-15-31(16-14-30)20-7-3-2-4-8-20)17-28-24(33)18-29-26(34)25-22-9-5-6-10-23(22)27(35)32(25)21-11-12-21/h2-10,19,21,25H,11-18H2,1H3,(H,28,33)(H,29,34). The Morgan fingerprint density at radius 3 is 2.34 bits per heavy atom. The normalized spacial score (nSPS) is 20.9. The number of amides is 3. The van der Waals surface area contributed by atoms with Crippen LogP contribution in [0.2, 0.25) is 0 Å². The van der Waals surface area contributed by atoms with Crippen LogP contribution in [-0.2, 0) is 9.59 Å². The van der Waals surface area contributed by atoms with Gasteiger partial charge in [-0.2, -0.15) is 0 Å². The van der Waals surface area contributed by atoms with Crippen LogP contribution in [0.3, 0.4) is 0 Å². The van der Waals surface area contributed by atoms with E-state index in [1.54, 1.807) is 11.0 Å². The summed E-state index contributed by atoms with van der Waals surface area (Å²) in [6.45, 7) is 6.34. The zero-order valence-electron chi connectivity index (χ0n) is 20.2. The van der Waals surface area contributed by atoms with Crippen molar-refractivity contribution >= 4 is 23.4 Å². The van der Waals surface area contributed by atoms with Gasteiger partial charge in [-0.15, -0.1) is 0 Å². The van der Waals surface area contributed by atoms with Crippen LogP contribution in [0.25, 0.3) is 0 Å². The van der Waals surface area contributed by atoms with Gasteiger partial charge in [-0.05, 0) is 43.5 Å². The molecular weight excluding hydrogens is 442 g/mol. The predicted molar refractivity (Wildman–Crippen MR) is 134 cm³/mol. The summed E-state index contributed by atoms with van der Waals surface area (Å²) < 4.78 is 0. The van der Waals surface area contributed by atoms with E-state index in [1.807, 2.05) is 24.3 Å². The minimum absolute atomic E-state index is 0.0890. The summed E-state index contributed by atoms with van der Waals surface area (Å²) in [5.74, 6) is -0.604. The first-order chi connectivity index (χ1) is 17.0. The summed E-state index contributed by atoms with van der Waals surface area (Å²) in [5, 5.41) is 5.71. The fraction of sp³-hybridized carbons (Fsp3) is 0.444. The van der Waals surface area contributed by atoms with Crippen LogP contribution < -0.4 is 15.5 Å². The summed E-state index contributed by atoms with van der Waals surface area (Å²) >= 11 is 0. The van der Waals surface area contributed by atoms with Crippen molar-refractivity contribution in [3.8, 4) is 0 Å².